The molecule has 198 valence electrons. The molecule has 0 aromatic heterocycles. The minimum atomic E-state index is -0.923. The molecule has 0 radical (unpaired) electrons. The van der Waals surface area contributed by atoms with E-state index in [2.05, 4.69) is 15.9 Å². The van der Waals surface area contributed by atoms with Gasteiger partial charge in [0.2, 0.25) is 0 Å². The maximum atomic E-state index is 13.2. The van der Waals surface area contributed by atoms with E-state index in [0.29, 0.717) is 28.0 Å². The topological polar surface area (TPSA) is 106 Å². The van der Waals surface area contributed by atoms with Crippen LogP contribution >= 0.6 is 15.9 Å². The van der Waals surface area contributed by atoms with Crippen molar-refractivity contribution in [1.82, 2.24) is 4.90 Å². The molecule has 1 saturated heterocycles. The van der Waals surface area contributed by atoms with E-state index in [1.54, 1.807) is 30.3 Å². The van der Waals surface area contributed by atoms with Crippen molar-refractivity contribution in [1.29, 1.82) is 0 Å². The van der Waals surface area contributed by atoms with E-state index < -0.39 is 17.7 Å². The first-order valence-corrected chi connectivity index (χ1v) is 12.7. The number of likely N-dealkylation sites (tertiary alicyclic amines) is 1. The Bertz CT molecular complexity index is 1380. The number of amides is 1. The number of hydrogen-bond donors (Lipinski definition) is 2. The fourth-order valence-corrected chi connectivity index (χ4v) is 4.81. The number of methoxy groups -OCH3 is 2. The first-order chi connectivity index (χ1) is 18.3. The lowest BCUT2D eigenvalue weighted by molar-refractivity contribution is -0.140. The molecule has 1 aliphatic rings. The van der Waals surface area contributed by atoms with Crippen molar-refractivity contribution >= 4 is 33.4 Å². The summed E-state index contributed by atoms with van der Waals surface area (Å²) in [4.78, 5) is 27.5. The molecule has 1 amide bonds. The van der Waals surface area contributed by atoms with Crippen molar-refractivity contribution in [2.75, 3.05) is 27.4 Å². The van der Waals surface area contributed by atoms with Crippen molar-refractivity contribution in [2.45, 2.75) is 19.6 Å². The Morgan fingerprint density at radius 3 is 2.42 bits per heavy atom. The molecule has 4 rings (SSSR count). The number of hydrogen-bond acceptors (Lipinski definition) is 7. The maximum Gasteiger partial charge on any atom is 0.295 e. The second-order valence-corrected chi connectivity index (χ2v) is 9.63. The van der Waals surface area contributed by atoms with Crippen LogP contribution in [0.1, 0.15) is 28.3 Å². The Hall–Kier alpha value is -3.82. The van der Waals surface area contributed by atoms with Gasteiger partial charge >= 0.3 is 0 Å². The number of carbonyl (C=O) groups is 2. The first kappa shape index (κ1) is 27.2. The average molecular weight is 582 g/mol. The summed E-state index contributed by atoms with van der Waals surface area (Å²) in [6, 6.07) is 16.8. The number of rotatable bonds is 9. The number of aliphatic hydroxyl groups is 1. The van der Waals surface area contributed by atoms with Gasteiger partial charge in [-0.15, -0.1) is 0 Å². The summed E-state index contributed by atoms with van der Waals surface area (Å²) in [6.45, 7) is 2.71. The number of ether oxygens (including phenoxy) is 3. The third-order valence-corrected chi connectivity index (χ3v) is 7.05. The van der Waals surface area contributed by atoms with Gasteiger partial charge in [0.15, 0.2) is 11.5 Å². The zero-order chi connectivity index (χ0) is 27.4. The Kier molecular flexibility index (Phi) is 8.38. The van der Waals surface area contributed by atoms with E-state index in [9.17, 15) is 19.8 Å². The number of ketones is 1. The lowest BCUT2D eigenvalue weighted by Gasteiger charge is -2.25. The summed E-state index contributed by atoms with van der Waals surface area (Å²) in [5, 5.41) is 21.6. The van der Waals surface area contributed by atoms with E-state index in [1.807, 2.05) is 31.2 Å². The molecule has 1 heterocycles. The molecule has 1 unspecified atom stereocenters. The average Bonchev–Trinajstić information content (AvgIpc) is 3.17. The van der Waals surface area contributed by atoms with Gasteiger partial charge in [0.05, 0.1) is 29.8 Å². The fraction of sp³-hybridized carbons (Fsp3) is 0.241. The molecule has 9 heteroatoms. The van der Waals surface area contributed by atoms with Crippen LogP contribution in [0.4, 0.5) is 0 Å². The number of phenols is 1. The van der Waals surface area contributed by atoms with Gasteiger partial charge in [0.1, 0.15) is 18.1 Å². The number of aliphatic hydroxyl groups excluding tert-OH is 1. The summed E-state index contributed by atoms with van der Waals surface area (Å²) in [6.07, 6.45) is 0. The molecule has 3 aromatic carbocycles. The predicted molar refractivity (Wildman–Crippen MR) is 145 cm³/mol. The Labute approximate surface area is 229 Å². The molecule has 1 aliphatic heterocycles. The number of nitrogens with zero attached hydrogens (tertiary/aromatic N) is 1. The Morgan fingerprint density at radius 1 is 1.05 bits per heavy atom. The van der Waals surface area contributed by atoms with Gasteiger partial charge in [-0.2, -0.15) is 0 Å². The molecule has 2 N–H and O–H groups in total. The molecule has 1 atom stereocenters. The molecule has 0 spiro atoms. The van der Waals surface area contributed by atoms with E-state index in [1.165, 1.54) is 25.2 Å². The summed E-state index contributed by atoms with van der Waals surface area (Å²) < 4.78 is 16.6. The third kappa shape index (κ3) is 5.39. The minimum Gasteiger partial charge on any atom is -0.507 e. The number of aromatic hydroxyl groups is 1. The fourth-order valence-electron chi connectivity index (χ4n) is 4.35. The van der Waals surface area contributed by atoms with Crippen LogP contribution < -0.4 is 9.47 Å². The van der Waals surface area contributed by atoms with E-state index in [-0.39, 0.29) is 36.0 Å². The van der Waals surface area contributed by atoms with Crippen LogP contribution in [0.2, 0.25) is 0 Å². The lowest BCUT2D eigenvalue weighted by Crippen LogP contribution is -2.32. The molecular weight excluding hydrogens is 554 g/mol. The smallest absolute Gasteiger partial charge is 0.295 e. The van der Waals surface area contributed by atoms with Crippen molar-refractivity contribution in [3.63, 3.8) is 0 Å². The van der Waals surface area contributed by atoms with Crippen LogP contribution in [-0.2, 0) is 20.9 Å². The van der Waals surface area contributed by atoms with Crippen molar-refractivity contribution in [2.24, 2.45) is 0 Å². The highest BCUT2D eigenvalue weighted by atomic mass is 79.9. The van der Waals surface area contributed by atoms with Gasteiger partial charge in [-0.05, 0) is 75.9 Å². The number of benzene rings is 3. The second kappa shape index (κ2) is 11.7. The van der Waals surface area contributed by atoms with E-state index >= 15 is 0 Å². The van der Waals surface area contributed by atoms with Crippen LogP contribution in [0, 0.1) is 6.92 Å². The first-order valence-electron chi connectivity index (χ1n) is 11.9. The normalized spacial score (nSPS) is 16.6. The maximum absolute atomic E-state index is 13.2. The summed E-state index contributed by atoms with van der Waals surface area (Å²) in [7, 11) is 2.89. The highest BCUT2D eigenvalue weighted by molar-refractivity contribution is 9.10. The molecular formula is C29H28BrNO7. The summed E-state index contributed by atoms with van der Waals surface area (Å²) in [5.41, 5.74) is 2.94. The number of halogens is 1. The zero-order valence-electron chi connectivity index (χ0n) is 21.2. The molecule has 0 saturated carbocycles. The third-order valence-electron chi connectivity index (χ3n) is 6.45. The monoisotopic (exact) mass is 581 g/mol. The standard InChI is InChI=1S/C29H28BrNO7/c1-17-6-4-5-7-19(17)16-38-21-10-8-18(9-11-21)26(32)24-25(31(12-13-36-2)29(35)28(24)34)20-14-22(30)27(33)23(15-20)37-3/h4-11,14-15,25,32-33H,12-13,16H2,1-3H3/b26-24+. The second-order valence-electron chi connectivity index (χ2n) is 8.78. The van der Waals surface area contributed by atoms with Crippen molar-refractivity contribution in [3.05, 3.63) is 93.0 Å². The number of phenolic OH excluding ortho intramolecular Hbond substituents is 1. The SMILES string of the molecule is COCCN1C(=O)C(=O)/C(=C(/O)c2ccc(OCc3ccccc3C)cc2)C1c1cc(Br)c(O)c(OC)c1. The largest absolute Gasteiger partial charge is 0.507 e. The van der Waals surface area contributed by atoms with E-state index in [4.69, 9.17) is 14.2 Å². The van der Waals surface area contributed by atoms with Crippen LogP contribution in [0.25, 0.3) is 5.76 Å². The van der Waals surface area contributed by atoms with E-state index in [0.717, 1.165) is 11.1 Å². The highest BCUT2D eigenvalue weighted by Gasteiger charge is 2.46. The zero-order valence-corrected chi connectivity index (χ0v) is 22.8. The highest BCUT2D eigenvalue weighted by Crippen LogP contribution is 2.44. The molecule has 3 aromatic rings. The summed E-state index contributed by atoms with van der Waals surface area (Å²) in [5.74, 6) is -1.26. The number of Topliss-reactive ketones (excluding diaryl/α,β-unsaturated/α-hetero) is 1. The molecule has 0 bridgehead atoms. The van der Waals surface area contributed by atoms with Crippen molar-refractivity contribution < 1.29 is 34.0 Å². The lowest BCUT2D eigenvalue weighted by atomic mass is 9.95. The predicted octanol–water partition coefficient (Wildman–Crippen LogP) is 5.12. The quantitative estimate of drug-likeness (QED) is 0.205. The van der Waals surface area contributed by atoms with Crippen LogP contribution in [0.5, 0.6) is 17.2 Å². The van der Waals surface area contributed by atoms with Crippen LogP contribution in [0.3, 0.4) is 0 Å². The molecule has 1 fully saturated rings. The van der Waals surface area contributed by atoms with Gasteiger partial charge in [-0.3, -0.25) is 9.59 Å². The van der Waals surface area contributed by atoms with Gasteiger partial charge in [-0.1, -0.05) is 24.3 Å². The number of aryl methyl sites for hydroxylation is 1. The van der Waals surface area contributed by atoms with Crippen LogP contribution in [0.15, 0.2) is 70.7 Å². The Balaban J connectivity index is 1.71. The molecule has 0 aliphatic carbocycles. The molecule has 8 nitrogen and oxygen atoms in total. The summed E-state index contributed by atoms with van der Waals surface area (Å²) >= 11 is 3.30. The van der Waals surface area contributed by atoms with Gasteiger partial charge in [0.25, 0.3) is 11.7 Å². The number of carbonyl (C=O) groups excluding carboxylic acids is 2. The van der Waals surface area contributed by atoms with Crippen molar-refractivity contribution in [3.8, 4) is 17.2 Å². The van der Waals surface area contributed by atoms with Crippen LogP contribution in [-0.4, -0.2) is 54.2 Å². The molecule has 38 heavy (non-hydrogen) atoms. The van der Waals surface area contributed by atoms with Gasteiger partial charge in [0, 0.05) is 19.2 Å². The Morgan fingerprint density at radius 2 is 1.76 bits per heavy atom. The van der Waals surface area contributed by atoms with Gasteiger partial charge < -0.3 is 29.3 Å². The van der Waals surface area contributed by atoms with Gasteiger partial charge in [-0.25, -0.2) is 0 Å². The minimum absolute atomic E-state index is 0.0701.